The summed E-state index contributed by atoms with van der Waals surface area (Å²) in [4.78, 5) is 6.57. The predicted molar refractivity (Wildman–Crippen MR) is 95.6 cm³/mol. The lowest BCUT2D eigenvalue weighted by atomic mass is 9.89. The van der Waals surface area contributed by atoms with Crippen molar-refractivity contribution in [3.8, 4) is 0 Å². The average molecular weight is 354 g/mol. The summed E-state index contributed by atoms with van der Waals surface area (Å²) in [6.45, 7) is 4.63. The van der Waals surface area contributed by atoms with Crippen LogP contribution in [0.2, 0.25) is 0 Å². The molecule has 0 N–H and O–H groups in total. The summed E-state index contributed by atoms with van der Waals surface area (Å²) >= 11 is 0. The van der Waals surface area contributed by atoms with Gasteiger partial charge in [-0.05, 0) is 51.1 Å². The van der Waals surface area contributed by atoms with E-state index in [1.54, 1.807) is 6.20 Å². The standard InChI is InChI=1S/C18H31N3O2S/c1-3-20(2)13-17-11-19-18(24(22,23)14-16-9-10-16)21(17)12-15-7-5-4-6-8-15/h11,15-16H,3-10,12-14H2,1-2H3. The summed E-state index contributed by atoms with van der Waals surface area (Å²) in [5.41, 5.74) is 1.04. The van der Waals surface area contributed by atoms with E-state index in [2.05, 4.69) is 23.9 Å². The molecule has 0 aromatic carbocycles. The molecule has 2 saturated carbocycles. The van der Waals surface area contributed by atoms with Crippen molar-refractivity contribution in [3.63, 3.8) is 0 Å². The minimum absolute atomic E-state index is 0.276. The van der Waals surface area contributed by atoms with Crippen molar-refractivity contribution in [2.24, 2.45) is 11.8 Å². The highest BCUT2D eigenvalue weighted by Gasteiger charge is 2.33. The van der Waals surface area contributed by atoms with Crippen LogP contribution in [0.3, 0.4) is 0 Å². The Morgan fingerprint density at radius 3 is 2.50 bits per heavy atom. The number of sulfone groups is 1. The van der Waals surface area contributed by atoms with Gasteiger partial charge in [0.15, 0.2) is 0 Å². The van der Waals surface area contributed by atoms with Crippen LogP contribution in [0.4, 0.5) is 0 Å². The number of hydrogen-bond donors (Lipinski definition) is 0. The summed E-state index contributed by atoms with van der Waals surface area (Å²) in [7, 11) is -1.20. The second-order valence-electron chi connectivity index (χ2n) is 7.70. The maximum atomic E-state index is 12.8. The molecule has 0 atom stereocenters. The zero-order valence-corrected chi connectivity index (χ0v) is 15.9. The second-order valence-corrected chi connectivity index (χ2v) is 9.63. The van der Waals surface area contributed by atoms with Gasteiger partial charge in [0, 0.05) is 13.1 Å². The molecule has 0 aliphatic heterocycles. The smallest absolute Gasteiger partial charge is 0.227 e. The molecule has 1 aromatic rings. The van der Waals surface area contributed by atoms with Gasteiger partial charge in [0.1, 0.15) is 0 Å². The highest BCUT2D eigenvalue weighted by Crippen LogP contribution is 2.33. The van der Waals surface area contributed by atoms with Crippen LogP contribution in [0.15, 0.2) is 11.4 Å². The third-order valence-corrected chi connectivity index (χ3v) is 7.26. The van der Waals surface area contributed by atoms with E-state index >= 15 is 0 Å². The van der Waals surface area contributed by atoms with Crippen LogP contribution in [0.5, 0.6) is 0 Å². The topological polar surface area (TPSA) is 55.2 Å². The molecule has 1 aromatic heterocycles. The molecule has 0 amide bonds. The molecule has 2 aliphatic rings. The Morgan fingerprint density at radius 2 is 1.88 bits per heavy atom. The monoisotopic (exact) mass is 353 g/mol. The minimum Gasteiger partial charge on any atom is -0.317 e. The summed E-state index contributed by atoms with van der Waals surface area (Å²) < 4.78 is 27.7. The van der Waals surface area contributed by atoms with E-state index in [0.29, 0.717) is 17.0 Å². The molecule has 24 heavy (non-hydrogen) atoms. The van der Waals surface area contributed by atoms with Crippen molar-refractivity contribution in [1.29, 1.82) is 0 Å². The Kier molecular flexibility index (Phi) is 5.65. The van der Waals surface area contributed by atoms with Gasteiger partial charge in [0.05, 0.1) is 17.6 Å². The number of hydrogen-bond acceptors (Lipinski definition) is 4. The Morgan fingerprint density at radius 1 is 1.17 bits per heavy atom. The zero-order chi connectivity index (χ0) is 17.2. The van der Waals surface area contributed by atoms with Crippen LogP contribution in [-0.4, -0.2) is 42.2 Å². The predicted octanol–water partition coefficient (Wildman–Crippen LogP) is 3.10. The van der Waals surface area contributed by atoms with Crippen molar-refractivity contribution in [3.05, 3.63) is 11.9 Å². The lowest BCUT2D eigenvalue weighted by Gasteiger charge is -2.25. The highest BCUT2D eigenvalue weighted by molar-refractivity contribution is 7.91. The van der Waals surface area contributed by atoms with Gasteiger partial charge in [0.25, 0.3) is 0 Å². The molecule has 0 bridgehead atoms. The van der Waals surface area contributed by atoms with Gasteiger partial charge in [-0.1, -0.05) is 26.2 Å². The Bertz CT molecular complexity index is 643. The van der Waals surface area contributed by atoms with Gasteiger partial charge in [-0.2, -0.15) is 0 Å². The molecule has 136 valence electrons. The van der Waals surface area contributed by atoms with Crippen molar-refractivity contribution in [2.45, 2.75) is 70.1 Å². The molecule has 0 radical (unpaired) electrons. The lowest BCUT2D eigenvalue weighted by molar-refractivity contribution is 0.291. The first-order valence-electron chi connectivity index (χ1n) is 9.45. The first kappa shape index (κ1) is 17.9. The Hall–Kier alpha value is -0.880. The molecule has 6 heteroatoms. The van der Waals surface area contributed by atoms with Crippen LogP contribution in [0, 0.1) is 11.8 Å². The zero-order valence-electron chi connectivity index (χ0n) is 15.1. The first-order valence-corrected chi connectivity index (χ1v) is 11.1. The highest BCUT2D eigenvalue weighted by atomic mass is 32.2. The van der Waals surface area contributed by atoms with E-state index in [1.807, 2.05) is 4.57 Å². The fraction of sp³-hybridized carbons (Fsp3) is 0.833. The third kappa shape index (κ3) is 4.39. The van der Waals surface area contributed by atoms with E-state index in [1.165, 1.54) is 32.1 Å². The molecule has 0 unspecified atom stereocenters. The van der Waals surface area contributed by atoms with Crippen molar-refractivity contribution < 1.29 is 8.42 Å². The minimum atomic E-state index is -3.27. The summed E-state index contributed by atoms with van der Waals surface area (Å²) in [5.74, 6) is 1.22. The first-order chi connectivity index (χ1) is 11.5. The number of imidazole rings is 1. The fourth-order valence-corrected chi connectivity index (χ4v) is 5.49. The van der Waals surface area contributed by atoms with Crippen LogP contribution >= 0.6 is 0 Å². The number of nitrogens with zero attached hydrogens (tertiary/aromatic N) is 3. The normalized spacial score (nSPS) is 20.0. The van der Waals surface area contributed by atoms with E-state index < -0.39 is 9.84 Å². The number of rotatable bonds is 8. The van der Waals surface area contributed by atoms with E-state index in [0.717, 1.165) is 38.2 Å². The maximum absolute atomic E-state index is 12.8. The van der Waals surface area contributed by atoms with E-state index in [-0.39, 0.29) is 5.75 Å². The third-order valence-electron chi connectivity index (χ3n) is 5.47. The van der Waals surface area contributed by atoms with E-state index in [9.17, 15) is 8.42 Å². The average Bonchev–Trinajstić information content (AvgIpc) is 3.28. The van der Waals surface area contributed by atoms with Crippen molar-refractivity contribution in [2.75, 3.05) is 19.3 Å². The molecule has 5 nitrogen and oxygen atoms in total. The number of aromatic nitrogens is 2. The van der Waals surface area contributed by atoms with Gasteiger partial charge in [-0.15, -0.1) is 0 Å². The quantitative estimate of drug-likeness (QED) is 0.721. The van der Waals surface area contributed by atoms with E-state index in [4.69, 9.17) is 0 Å². The molecule has 0 saturated heterocycles. The molecular formula is C18H31N3O2S. The maximum Gasteiger partial charge on any atom is 0.227 e. The molecule has 2 aliphatic carbocycles. The Balaban J connectivity index is 1.85. The summed E-state index contributed by atoms with van der Waals surface area (Å²) in [5, 5.41) is 0.319. The van der Waals surface area contributed by atoms with Gasteiger partial charge < -0.3 is 9.47 Å². The molecule has 3 rings (SSSR count). The summed E-state index contributed by atoms with van der Waals surface area (Å²) in [6, 6.07) is 0. The van der Waals surface area contributed by atoms with Crippen LogP contribution in [-0.2, 0) is 22.9 Å². The molecule has 0 spiro atoms. The molecule has 2 fully saturated rings. The van der Waals surface area contributed by atoms with Crippen LogP contribution < -0.4 is 0 Å². The Labute approximate surface area is 146 Å². The van der Waals surface area contributed by atoms with Crippen LogP contribution in [0.25, 0.3) is 0 Å². The largest absolute Gasteiger partial charge is 0.317 e. The second kappa shape index (κ2) is 7.56. The summed E-state index contributed by atoms with van der Waals surface area (Å²) in [6.07, 6.45) is 10.2. The SMILES string of the molecule is CCN(C)Cc1cnc(S(=O)(=O)CC2CC2)n1CC1CCCCC1. The van der Waals surface area contributed by atoms with Gasteiger partial charge in [-0.3, -0.25) is 0 Å². The van der Waals surface area contributed by atoms with Gasteiger partial charge in [0.2, 0.25) is 15.0 Å². The lowest BCUT2D eigenvalue weighted by Crippen LogP contribution is -2.24. The van der Waals surface area contributed by atoms with Crippen molar-refractivity contribution in [1.82, 2.24) is 14.5 Å². The van der Waals surface area contributed by atoms with Crippen molar-refractivity contribution >= 4 is 9.84 Å². The molecule has 1 heterocycles. The van der Waals surface area contributed by atoms with Gasteiger partial charge >= 0.3 is 0 Å². The molecular weight excluding hydrogens is 322 g/mol. The van der Waals surface area contributed by atoms with Gasteiger partial charge in [-0.25, -0.2) is 13.4 Å². The fourth-order valence-electron chi connectivity index (χ4n) is 3.65. The van der Waals surface area contributed by atoms with Crippen LogP contribution in [0.1, 0.15) is 57.6 Å².